The molecule has 4 nitrogen and oxygen atoms in total. The van der Waals surface area contributed by atoms with Crippen LogP contribution in [0.15, 0.2) is 18.2 Å². The van der Waals surface area contributed by atoms with Crippen LogP contribution in [0.2, 0.25) is 5.02 Å². The first-order valence-corrected chi connectivity index (χ1v) is 6.32. The number of hydrogen-bond donors (Lipinski definition) is 2. The monoisotopic (exact) mass is 287 g/mol. The SMILES string of the molecule is CCCC[C@H](NC(=O)c1ccc(F)c(Cl)c1)C(=O)O. The van der Waals surface area contributed by atoms with E-state index in [9.17, 15) is 14.0 Å². The number of carboxylic acid groups (broad SMARTS) is 1. The lowest BCUT2D eigenvalue weighted by Gasteiger charge is -2.14. The van der Waals surface area contributed by atoms with Crippen molar-refractivity contribution in [3.8, 4) is 0 Å². The van der Waals surface area contributed by atoms with Gasteiger partial charge in [-0.1, -0.05) is 31.4 Å². The molecule has 0 unspecified atom stereocenters. The van der Waals surface area contributed by atoms with E-state index in [1.54, 1.807) is 0 Å². The van der Waals surface area contributed by atoms with E-state index in [2.05, 4.69) is 5.32 Å². The van der Waals surface area contributed by atoms with E-state index in [4.69, 9.17) is 16.7 Å². The molecule has 1 amide bonds. The fourth-order valence-electron chi connectivity index (χ4n) is 1.54. The molecule has 1 rings (SSSR count). The van der Waals surface area contributed by atoms with Crippen LogP contribution in [-0.4, -0.2) is 23.0 Å². The van der Waals surface area contributed by atoms with Crippen molar-refractivity contribution in [2.45, 2.75) is 32.2 Å². The van der Waals surface area contributed by atoms with Crippen LogP contribution in [0.4, 0.5) is 4.39 Å². The summed E-state index contributed by atoms with van der Waals surface area (Å²) >= 11 is 5.57. The molecule has 0 heterocycles. The Balaban J connectivity index is 2.75. The van der Waals surface area contributed by atoms with Crippen molar-refractivity contribution >= 4 is 23.5 Å². The van der Waals surface area contributed by atoms with E-state index < -0.39 is 23.7 Å². The second-order valence-corrected chi connectivity index (χ2v) is 4.54. The van der Waals surface area contributed by atoms with E-state index in [-0.39, 0.29) is 10.6 Å². The molecule has 0 fully saturated rings. The number of carboxylic acids is 1. The van der Waals surface area contributed by atoms with E-state index >= 15 is 0 Å². The second-order valence-electron chi connectivity index (χ2n) is 4.14. The van der Waals surface area contributed by atoms with Crippen molar-refractivity contribution in [1.82, 2.24) is 5.32 Å². The molecule has 0 spiro atoms. The standard InChI is InChI=1S/C13H15ClFNO3/c1-2-3-4-11(13(18)19)16-12(17)8-5-6-10(15)9(14)7-8/h5-7,11H,2-4H2,1H3,(H,16,17)(H,18,19)/t11-/m0/s1. The molecule has 6 heteroatoms. The summed E-state index contributed by atoms with van der Waals surface area (Å²) in [6, 6.07) is 2.55. The molecule has 1 atom stereocenters. The van der Waals surface area contributed by atoms with Gasteiger partial charge in [0.15, 0.2) is 0 Å². The predicted molar refractivity (Wildman–Crippen MR) is 69.8 cm³/mol. The number of unbranched alkanes of at least 4 members (excludes halogenated alkanes) is 1. The lowest BCUT2D eigenvalue weighted by Crippen LogP contribution is -2.40. The van der Waals surface area contributed by atoms with Gasteiger partial charge in [0.25, 0.3) is 5.91 Å². The van der Waals surface area contributed by atoms with E-state index in [0.29, 0.717) is 12.8 Å². The first-order chi connectivity index (χ1) is 8.95. The molecule has 1 aromatic carbocycles. The topological polar surface area (TPSA) is 66.4 Å². The highest BCUT2D eigenvalue weighted by atomic mass is 35.5. The Hall–Kier alpha value is -1.62. The van der Waals surface area contributed by atoms with Crippen molar-refractivity contribution in [3.63, 3.8) is 0 Å². The fraction of sp³-hybridized carbons (Fsp3) is 0.385. The Morgan fingerprint density at radius 2 is 2.16 bits per heavy atom. The molecule has 2 N–H and O–H groups in total. The zero-order valence-electron chi connectivity index (χ0n) is 10.5. The van der Waals surface area contributed by atoms with E-state index in [1.165, 1.54) is 12.1 Å². The number of benzene rings is 1. The zero-order chi connectivity index (χ0) is 14.4. The van der Waals surface area contributed by atoms with Gasteiger partial charge in [-0.3, -0.25) is 4.79 Å². The van der Waals surface area contributed by atoms with Crippen molar-refractivity contribution in [2.75, 3.05) is 0 Å². The Morgan fingerprint density at radius 3 is 2.68 bits per heavy atom. The number of aliphatic carboxylic acids is 1. The molecule has 0 bridgehead atoms. The minimum atomic E-state index is -1.09. The lowest BCUT2D eigenvalue weighted by molar-refractivity contribution is -0.139. The Labute approximate surface area is 115 Å². The maximum absolute atomic E-state index is 13.0. The second kappa shape index (κ2) is 7.09. The van der Waals surface area contributed by atoms with Crippen molar-refractivity contribution in [2.24, 2.45) is 0 Å². The lowest BCUT2D eigenvalue weighted by atomic mass is 10.1. The molecule has 104 valence electrons. The number of halogens is 2. The van der Waals surface area contributed by atoms with Crippen molar-refractivity contribution in [3.05, 3.63) is 34.6 Å². The summed E-state index contributed by atoms with van der Waals surface area (Å²) < 4.78 is 13.0. The van der Waals surface area contributed by atoms with Gasteiger partial charge in [-0.25, -0.2) is 9.18 Å². The Morgan fingerprint density at radius 1 is 1.47 bits per heavy atom. The molecule has 19 heavy (non-hydrogen) atoms. The van der Waals surface area contributed by atoms with Gasteiger partial charge < -0.3 is 10.4 Å². The van der Waals surface area contributed by atoms with E-state index in [0.717, 1.165) is 12.5 Å². The summed E-state index contributed by atoms with van der Waals surface area (Å²) in [4.78, 5) is 22.8. The average molecular weight is 288 g/mol. The van der Waals surface area contributed by atoms with Gasteiger partial charge in [0.1, 0.15) is 11.9 Å². The number of nitrogens with one attached hydrogen (secondary N) is 1. The maximum atomic E-state index is 13.0. The zero-order valence-corrected chi connectivity index (χ0v) is 11.2. The van der Waals surface area contributed by atoms with Gasteiger partial charge in [-0.2, -0.15) is 0 Å². The Kier molecular flexibility index (Phi) is 5.76. The molecule has 0 aliphatic heterocycles. The smallest absolute Gasteiger partial charge is 0.326 e. The quantitative estimate of drug-likeness (QED) is 0.845. The maximum Gasteiger partial charge on any atom is 0.326 e. The van der Waals surface area contributed by atoms with Crippen LogP contribution in [0.3, 0.4) is 0 Å². The molecule has 0 aliphatic carbocycles. The summed E-state index contributed by atoms with van der Waals surface area (Å²) in [5.41, 5.74) is 0.133. The Bertz CT molecular complexity index is 479. The minimum absolute atomic E-state index is 0.133. The van der Waals surface area contributed by atoms with Crippen molar-refractivity contribution < 1.29 is 19.1 Å². The van der Waals surface area contributed by atoms with Gasteiger partial charge in [-0.05, 0) is 24.6 Å². The van der Waals surface area contributed by atoms with Crippen LogP contribution in [0.25, 0.3) is 0 Å². The number of hydrogen-bond acceptors (Lipinski definition) is 2. The number of amides is 1. The molecule has 0 saturated heterocycles. The van der Waals surface area contributed by atoms with Crippen molar-refractivity contribution in [1.29, 1.82) is 0 Å². The van der Waals surface area contributed by atoms with Crippen LogP contribution in [0.5, 0.6) is 0 Å². The third-order valence-electron chi connectivity index (χ3n) is 2.63. The largest absolute Gasteiger partial charge is 0.480 e. The molecule has 0 saturated carbocycles. The van der Waals surface area contributed by atoms with Crippen LogP contribution >= 0.6 is 11.6 Å². The van der Waals surface area contributed by atoms with Crippen LogP contribution < -0.4 is 5.32 Å². The third kappa shape index (κ3) is 4.52. The highest BCUT2D eigenvalue weighted by molar-refractivity contribution is 6.31. The number of carbonyl (C=O) groups excluding carboxylic acids is 1. The predicted octanol–water partition coefficient (Wildman–Crippen LogP) is 2.85. The molecule has 0 aliphatic rings. The van der Waals surface area contributed by atoms with Gasteiger partial charge in [0.2, 0.25) is 0 Å². The van der Waals surface area contributed by atoms with Gasteiger partial charge in [0, 0.05) is 5.56 Å². The molecular formula is C13H15ClFNO3. The number of carbonyl (C=O) groups is 2. The first-order valence-electron chi connectivity index (χ1n) is 5.94. The highest BCUT2D eigenvalue weighted by Gasteiger charge is 2.20. The van der Waals surface area contributed by atoms with Crippen LogP contribution in [-0.2, 0) is 4.79 Å². The highest BCUT2D eigenvalue weighted by Crippen LogP contribution is 2.16. The first kappa shape index (κ1) is 15.4. The third-order valence-corrected chi connectivity index (χ3v) is 2.92. The summed E-state index contributed by atoms with van der Waals surface area (Å²) in [7, 11) is 0. The van der Waals surface area contributed by atoms with E-state index in [1.807, 2.05) is 6.92 Å². The normalized spacial score (nSPS) is 11.9. The molecule has 0 aromatic heterocycles. The fourth-order valence-corrected chi connectivity index (χ4v) is 1.73. The minimum Gasteiger partial charge on any atom is -0.480 e. The summed E-state index contributed by atoms with van der Waals surface area (Å²) in [6.07, 6.45) is 1.88. The van der Waals surface area contributed by atoms with Gasteiger partial charge in [0.05, 0.1) is 5.02 Å². The number of rotatable bonds is 6. The van der Waals surface area contributed by atoms with Gasteiger partial charge in [-0.15, -0.1) is 0 Å². The van der Waals surface area contributed by atoms with Gasteiger partial charge >= 0.3 is 5.97 Å². The molecule has 1 aromatic rings. The molecular weight excluding hydrogens is 273 g/mol. The van der Waals surface area contributed by atoms with Crippen LogP contribution in [0.1, 0.15) is 36.5 Å². The average Bonchev–Trinajstić information content (AvgIpc) is 2.37. The molecule has 0 radical (unpaired) electrons. The summed E-state index contributed by atoms with van der Waals surface area (Å²) in [5, 5.41) is 11.2. The van der Waals surface area contributed by atoms with Crippen LogP contribution in [0, 0.1) is 5.82 Å². The summed E-state index contributed by atoms with van der Waals surface area (Å²) in [6.45, 7) is 1.93. The summed E-state index contributed by atoms with van der Waals surface area (Å²) in [5.74, 6) is -2.29.